The Morgan fingerprint density at radius 3 is 0.847 bits per heavy atom. The number of aliphatic hydroxyl groups is 8. The molecule has 4 aromatic carbocycles. The molecule has 474 valence electrons. The number of phenols is 4. The summed E-state index contributed by atoms with van der Waals surface area (Å²) in [6, 6.07) is 10.0. The number of nitrogens with zero attached hydrogens (tertiary/aromatic N) is 4. The molecule has 4 aromatic rings. The average molecular weight is 1390 g/mol. The van der Waals surface area contributed by atoms with Crippen LogP contribution in [-0.4, -0.2) is 192 Å². The van der Waals surface area contributed by atoms with E-state index in [0.717, 1.165) is 33.4 Å². The third kappa shape index (κ3) is 23.6. The quantitative estimate of drug-likeness (QED) is 0.0162. The van der Waals surface area contributed by atoms with E-state index in [9.17, 15) is 119 Å². The molecule has 4 rings (SSSR count). The number of rotatable bonds is 32. The molecule has 35 heteroatoms. The van der Waals surface area contributed by atoms with E-state index in [4.69, 9.17) is 0 Å². The third-order valence-electron chi connectivity index (χ3n) is 14.2. The largest absolute Gasteiger partial charge is 3.00 e. The summed E-state index contributed by atoms with van der Waals surface area (Å²) in [5, 5.41) is 121. The normalized spacial score (nSPS) is 15.2. The Kier molecular flexibility index (Phi) is 37.1. The second-order valence-corrected chi connectivity index (χ2v) is 26.4. The van der Waals surface area contributed by atoms with E-state index in [0.29, 0.717) is 22.3 Å². The summed E-state index contributed by atoms with van der Waals surface area (Å²) in [5.74, 6) is -8.67. The molecule has 0 fully saturated rings. The van der Waals surface area contributed by atoms with Crippen LogP contribution in [0.4, 0.5) is 0 Å². The molecule has 2 radical (unpaired) electrons. The number of phenolic OH excluding ortho intramolecular Hbond substituents is 4. The van der Waals surface area contributed by atoms with Crippen LogP contribution in [0.3, 0.4) is 0 Å². The van der Waals surface area contributed by atoms with Gasteiger partial charge < -0.3 is 119 Å². The molecule has 0 aromatic heterocycles. The Labute approximate surface area is 543 Å². The van der Waals surface area contributed by atoms with Gasteiger partial charge >= 0.3 is 71.9 Å². The minimum absolute atomic E-state index is 0. The van der Waals surface area contributed by atoms with Crippen LogP contribution in [0.25, 0.3) is 0 Å². The standard InChI is InChI=1S/2C25H40N2O12P2.Ca.2Fe/c2*1-3-25(41(37,38)39)27(11-20-8-17(12-28)5-7-23(20)32)22(15-31)21(14-30)26(16(2)40(34,35)36)10-19-6-4-18(13-29)9-24(19)33;;;/h2*4-9,16,21-22,25,28-33H,3,10-15H2,1-2H3,(H2,34,35,36)(H2,37,38,39);;;/q;;+2;2*+3/p-8. The molecule has 8 unspecified atom stereocenters. The van der Waals surface area contributed by atoms with Crippen LogP contribution in [0.2, 0.25) is 0 Å². The van der Waals surface area contributed by atoms with Crippen LogP contribution in [-0.2, 0) is 105 Å². The van der Waals surface area contributed by atoms with Crippen molar-refractivity contribution in [3.8, 4) is 23.0 Å². The smallest absolute Gasteiger partial charge is 0.810 e. The number of hydrogen-bond donors (Lipinski definition) is 12. The maximum absolute atomic E-state index is 12.4. The average Bonchev–Trinajstić information content (AvgIpc) is 2.92. The Morgan fingerprint density at radius 2 is 0.624 bits per heavy atom. The summed E-state index contributed by atoms with van der Waals surface area (Å²) >= 11 is 0. The van der Waals surface area contributed by atoms with Crippen LogP contribution >= 0.6 is 30.4 Å². The predicted molar refractivity (Wildman–Crippen MR) is 285 cm³/mol. The molecular formula is C50H72CaFe2N4O24P4. The zero-order chi connectivity index (χ0) is 62.2. The zero-order valence-electron chi connectivity index (χ0n) is 46.7. The zero-order valence-corrected chi connectivity index (χ0v) is 54.7. The molecule has 0 bridgehead atoms. The van der Waals surface area contributed by atoms with Gasteiger partial charge in [-0.3, -0.25) is 19.6 Å². The molecule has 0 aliphatic rings. The van der Waals surface area contributed by atoms with E-state index in [1.54, 1.807) is 0 Å². The van der Waals surface area contributed by atoms with Crippen LogP contribution in [0.5, 0.6) is 23.0 Å². The van der Waals surface area contributed by atoms with Gasteiger partial charge in [0.15, 0.2) is 0 Å². The van der Waals surface area contributed by atoms with Gasteiger partial charge in [0.25, 0.3) is 0 Å². The molecule has 0 spiro atoms. The van der Waals surface area contributed by atoms with Gasteiger partial charge in [-0.2, -0.15) is 0 Å². The summed E-state index contributed by atoms with van der Waals surface area (Å²) in [5.41, 5.74) is 1.65. The molecule has 0 aliphatic carbocycles. The van der Waals surface area contributed by atoms with Gasteiger partial charge in [-0.25, -0.2) is 0 Å². The summed E-state index contributed by atoms with van der Waals surface area (Å²) in [7, 11) is -21.8. The van der Waals surface area contributed by atoms with Crippen LogP contribution < -0.4 is 39.1 Å². The van der Waals surface area contributed by atoms with Crippen molar-refractivity contribution in [2.45, 2.75) is 140 Å². The first-order valence-corrected chi connectivity index (χ1v) is 31.9. The van der Waals surface area contributed by atoms with Crippen LogP contribution in [0.15, 0.2) is 72.8 Å². The van der Waals surface area contributed by atoms with Gasteiger partial charge in [0, 0.05) is 71.6 Å². The molecule has 0 saturated heterocycles. The van der Waals surface area contributed by atoms with Crippen molar-refractivity contribution in [3.05, 3.63) is 117 Å². The molecule has 12 N–H and O–H groups in total. The van der Waals surface area contributed by atoms with Crippen molar-refractivity contribution in [3.63, 3.8) is 0 Å². The Bertz CT molecular complexity index is 2680. The second kappa shape index (κ2) is 37.7. The summed E-state index contributed by atoms with van der Waals surface area (Å²) in [6.45, 7) is -2.47. The van der Waals surface area contributed by atoms with Crippen molar-refractivity contribution in [1.82, 2.24) is 19.6 Å². The molecular weight excluding hydrogens is 1320 g/mol. The van der Waals surface area contributed by atoms with E-state index >= 15 is 0 Å². The van der Waals surface area contributed by atoms with Crippen molar-refractivity contribution in [2.75, 3.05) is 26.4 Å². The fourth-order valence-electron chi connectivity index (χ4n) is 9.57. The van der Waals surface area contributed by atoms with Gasteiger partial charge in [0.05, 0.1) is 77.0 Å². The first kappa shape index (κ1) is 83.5. The predicted octanol–water partition coefficient (Wildman–Crippen LogP) is -4.35. The summed E-state index contributed by atoms with van der Waals surface area (Å²) in [6.07, 6.45) is -0.583. The molecule has 0 saturated carbocycles. The van der Waals surface area contributed by atoms with E-state index in [2.05, 4.69) is 0 Å². The minimum Gasteiger partial charge on any atom is -0.810 e. The van der Waals surface area contributed by atoms with Crippen molar-refractivity contribution in [2.24, 2.45) is 0 Å². The first-order valence-electron chi connectivity index (χ1n) is 25.4. The Hall–Kier alpha value is -1.50. The maximum Gasteiger partial charge on any atom is 3.00 e. The summed E-state index contributed by atoms with van der Waals surface area (Å²) < 4.78 is 49.1. The van der Waals surface area contributed by atoms with E-state index in [1.807, 2.05) is 0 Å². The molecule has 28 nitrogen and oxygen atoms in total. The number of aliphatic hydroxyl groups excluding tert-OH is 8. The molecule has 85 heavy (non-hydrogen) atoms. The fraction of sp³-hybridized carbons (Fsp3) is 0.520. The molecule has 0 heterocycles. The van der Waals surface area contributed by atoms with Gasteiger partial charge in [-0.15, -0.1) is 0 Å². The van der Waals surface area contributed by atoms with Crippen molar-refractivity contribution in [1.29, 1.82) is 0 Å². The molecule has 8 atom stereocenters. The summed E-state index contributed by atoms with van der Waals surface area (Å²) in [4.78, 5) is 102. The Morgan fingerprint density at radius 1 is 0.376 bits per heavy atom. The van der Waals surface area contributed by atoms with Gasteiger partial charge in [0.1, 0.15) is 23.0 Å². The van der Waals surface area contributed by atoms with Crippen LogP contribution in [0.1, 0.15) is 85.0 Å². The van der Waals surface area contributed by atoms with Crippen molar-refractivity contribution < 1.29 is 153 Å². The number of hydrogen-bond acceptors (Lipinski definition) is 28. The monoisotopic (exact) mass is 1390 g/mol. The first-order chi connectivity index (χ1) is 38.2. The van der Waals surface area contributed by atoms with Crippen LogP contribution in [0, 0.1) is 0 Å². The molecule has 0 amide bonds. The fourth-order valence-corrected chi connectivity index (χ4v) is 12.9. The van der Waals surface area contributed by atoms with E-state index < -0.39 is 157 Å². The second-order valence-electron chi connectivity index (χ2n) is 19.4. The van der Waals surface area contributed by atoms with Gasteiger partial charge in [-0.1, -0.05) is 65.4 Å². The minimum atomic E-state index is -5.45. The Balaban J connectivity index is 0.00000160. The van der Waals surface area contributed by atoms with Gasteiger partial charge in [0.2, 0.25) is 0 Å². The van der Waals surface area contributed by atoms with E-state index in [1.165, 1.54) is 86.6 Å². The molecule has 0 aliphatic heterocycles. The van der Waals surface area contributed by atoms with E-state index in [-0.39, 0.29) is 130 Å². The third-order valence-corrected chi connectivity index (χ3v) is 19.4. The SMILES string of the molecule is CCC(N(Cc1cc(CO)ccc1O)C(CO)C(CO)N(Cc1ccc(CO)cc1O)C(C)P(=O)([O-])[O-])P(=O)([O-])[O-].CCC(N(Cc1cc(CO)ccc1O)C(CO)C(CO)N(Cc1ccc(CO)cc1O)C(C)P(=O)([O-])[O-])P(=O)([O-])[O-].[Ca+2].[Fe+3].[Fe+3]. The maximum atomic E-state index is 12.4. The van der Waals surface area contributed by atoms with Crippen molar-refractivity contribution >= 4 is 68.1 Å². The number of benzene rings is 4. The number of aromatic hydroxyl groups is 4. The van der Waals surface area contributed by atoms with Gasteiger partial charge in [-0.05, 0) is 101 Å². The topological polar surface area (TPSA) is 508 Å².